The molecule has 1 atom stereocenters. The molecule has 0 aromatic heterocycles. The number of benzene rings is 1. The summed E-state index contributed by atoms with van der Waals surface area (Å²) in [5.74, 6) is 1.80. The van der Waals surface area contributed by atoms with Crippen LogP contribution < -0.4 is 15.4 Å². The highest BCUT2D eigenvalue weighted by atomic mass is 16.5. The largest absolute Gasteiger partial charge is 0.497 e. The molecule has 128 valence electrons. The molecular formula is C18H30N4O. The van der Waals surface area contributed by atoms with Crippen LogP contribution >= 0.6 is 0 Å². The second kappa shape index (κ2) is 8.77. The van der Waals surface area contributed by atoms with Crippen LogP contribution in [-0.4, -0.2) is 50.7 Å². The topological polar surface area (TPSA) is 48.9 Å². The average molecular weight is 318 g/mol. The van der Waals surface area contributed by atoms with Crippen molar-refractivity contribution < 1.29 is 4.74 Å². The lowest BCUT2D eigenvalue weighted by Crippen LogP contribution is -2.43. The number of ether oxygens (including phenoxy) is 1. The van der Waals surface area contributed by atoms with Gasteiger partial charge in [0.1, 0.15) is 5.75 Å². The number of hydrogen-bond donors (Lipinski definition) is 2. The van der Waals surface area contributed by atoms with Crippen molar-refractivity contribution in [3.8, 4) is 5.75 Å². The van der Waals surface area contributed by atoms with Crippen LogP contribution in [0, 0.1) is 0 Å². The SMILES string of the molecule is CCN(CC)C(CNC(=NC)NC1CC1)c1cccc(OC)c1. The van der Waals surface area contributed by atoms with Crippen molar-refractivity contribution in [1.29, 1.82) is 0 Å². The Bertz CT molecular complexity index is 509. The van der Waals surface area contributed by atoms with Gasteiger partial charge in [0.2, 0.25) is 0 Å². The van der Waals surface area contributed by atoms with E-state index in [1.54, 1.807) is 7.11 Å². The lowest BCUT2D eigenvalue weighted by atomic mass is 10.0. The first-order chi connectivity index (χ1) is 11.2. The van der Waals surface area contributed by atoms with Crippen molar-refractivity contribution in [2.75, 3.05) is 33.8 Å². The summed E-state index contributed by atoms with van der Waals surface area (Å²) in [4.78, 5) is 6.78. The Kier molecular flexibility index (Phi) is 6.71. The van der Waals surface area contributed by atoms with E-state index in [-0.39, 0.29) is 6.04 Å². The molecule has 0 saturated heterocycles. The number of aliphatic imine (C=N–C) groups is 1. The molecule has 1 aliphatic carbocycles. The van der Waals surface area contributed by atoms with Gasteiger partial charge in [0.25, 0.3) is 0 Å². The van der Waals surface area contributed by atoms with E-state index in [0.29, 0.717) is 6.04 Å². The number of nitrogens with one attached hydrogen (secondary N) is 2. The van der Waals surface area contributed by atoms with E-state index in [4.69, 9.17) is 4.74 Å². The van der Waals surface area contributed by atoms with Crippen LogP contribution in [0.5, 0.6) is 5.75 Å². The highest BCUT2D eigenvalue weighted by molar-refractivity contribution is 5.80. The lowest BCUT2D eigenvalue weighted by Gasteiger charge is -2.31. The lowest BCUT2D eigenvalue weighted by molar-refractivity contribution is 0.218. The minimum absolute atomic E-state index is 0.290. The molecule has 1 aromatic carbocycles. The molecule has 23 heavy (non-hydrogen) atoms. The summed E-state index contributed by atoms with van der Waals surface area (Å²) in [5.41, 5.74) is 1.27. The van der Waals surface area contributed by atoms with E-state index in [1.807, 2.05) is 13.1 Å². The van der Waals surface area contributed by atoms with Gasteiger partial charge in [0.05, 0.1) is 13.2 Å². The highest BCUT2D eigenvalue weighted by Gasteiger charge is 2.23. The fourth-order valence-corrected chi connectivity index (χ4v) is 2.78. The summed E-state index contributed by atoms with van der Waals surface area (Å²) in [6.07, 6.45) is 2.49. The number of methoxy groups -OCH3 is 1. The number of guanidine groups is 1. The number of nitrogens with zero attached hydrogens (tertiary/aromatic N) is 2. The first-order valence-electron chi connectivity index (χ1n) is 8.57. The molecule has 1 fully saturated rings. The van der Waals surface area contributed by atoms with Crippen molar-refractivity contribution in [1.82, 2.24) is 15.5 Å². The molecule has 0 heterocycles. The minimum Gasteiger partial charge on any atom is -0.497 e. The molecule has 1 unspecified atom stereocenters. The van der Waals surface area contributed by atoms with Gasteiger partial charge in [-0.3, -0.25) is 9.89 Å². The summed E-state index contributed by atoms with van der Waals surface area (Å²) >= 11 is 0. The monoisotopic (exact) mass is 318 g/mol. The van der Waals surface area contributed by atoms with Gasteiger partial charge in [-0.15, -0.1) is 0 Å². The summed E-state index contributed by atoms with van der Waals surface area (Å²) in [7, 11) is 3.54. The fourth-order valence-electron chi connectivity index (χ4n) is 2.78. The minimum atomic E-state index is 0.290. The number of rotatable bonds is 8. The standard InChI is InChI=1S/C18H30N4O/c1-5-22(6-2)17(14-8-7-9-16(12-14)23-4)13-20-18(19-3)21-15-10-11-15/h7-9,12,15,17H,5-6,10-11,13H2,1-4H3,(H2,19,20,21). The molecular weight excluding hydrogens is 288 g/mol. The van der Waals surface area contributed by atoms with E-state index in [9.17, 15) is 0 Å². The van der Waals surface area contributed by atoms with Gasteiger partial charge in [-0.2, -0.15) is 0 Å². The predicted octanol–water partition coefficient (Wildman–Crippen LogP) is 2.41. The Morgan fingerprint density at radius 3 is 2.65 bits per heavy atom. The van der Waals surface area contributed by atoms with Crippen LogP contribution in [0.3, 0.4) is 0 Å². The highest BCUT2D eigenvalue weighted by Crippen LogP contribution is 2.24. The Morgan fingerprint density at radius 1 is 1.35 bits per heavy atom. The number of hydrogen-bond acceptors (Lipinski definition) is 3. The van der Waals surface area contributed by atoms with Crippen molar-refractivity contribution in [3.63, 3.8) is 0 Å². The van der Waals surface area contributed by atoms with Crippen LogP contribution in [0.1, 0.15) is 38.3 Å². The summed E-state index contributed by atoms with van der Waals surface area (Å²) < 4.78 is 5.38. The Labute approximate surface area is 140 Å². The van der Waals surface area contributed by atoms with Crippen LogP contribution in [-0.2, 0) is 0 Å². The number of likely N-dealkylation sites (N-methyl/N-ethyl adjacent to an activating group) is 1. The molecule has 1 saturated carbocycles. The van der Waals surface area contributed by atoms with Crippen molar-refractivity contribution in [2.24, 2.45) is 4.99 Å². The molecule has 0 radical (unpaired) electrons. The molecule has 0 bridgehead atoms. The first-order valence-corrected chi connectivity index (χ1v) is 8.57. The zero-order valence-electron chi connectivity index (χ0n) is 14.8. The van der Waals surface area contributed by atoms with Crippen LogP contribution in [0.2, 0.25) is 0 Å². The van der Waals surface area contributed by atoms with E-state index < -0.39 is 0 Å². The Morgan fingerprint density at radius 2 is 2.09 bits per heavy atom. The molecule has 2 rings (SSSR count). The molecule has 1 aromatic rings. The van der Waals surface area contributed by atoms with Crippen molar-refractivity contribution >= 4 is 5.96 Å². The van der Waals surface area contributed by atoms with Crippen molar-refractivity contribution in [3.05, 3.63) is 29.8 Å². The van der Waals surface area contributed by atoms with Gasteiger partial charge in [-0.25, -0.2) is 0 Å². The zero-order valence-corrected chi connectivity index (χ0v) is 14.8. The summed E-state index contributed by atoms with van der Waals surface area (Å²) in [6, 6.07) is 9.24. The summed E-state index contributed by atoms with van der Waals surface area (Å²) in [5, 5.41) is 6.92. The van der Waals surface area contributed by atoms with E-state index in [2.05, 4.69) is 52.6 Å². The third kappa shape index (κ3) is 5.13. The maximum Gasteiger partial charge on any atom is 0.191 e. The third-order valence-electron chi connectivity index (χ3n) is 4.34. The Balaban J connectivity index is 2.09. The molecule has 0 aliphatic heterocycles. The molecule has 1 aliphatic rings. The van der Waals surface area contributed by atoms with Gasteiger partial charge >= 0.3 is 0 Å². The van der Waals surface area contributed by atoms with E-state index in [1.165, 1.54) is 18.4 Å². The molecule has 0 amide bonds. The van der Waals surface area contributed by atoms with Gasteiger partial charge in [-0.1, -0.05) is 26.0 Å². The van der Waals surface area contributed by atoms with Crippen LogP contribution in [0.25, 0.3) is 0 Å². The molecule has 2 N–H and O–H groups in total. The summed E-state index contributed by atoms with van der Waals surface area (Å²) in [6.45, 7) is 7.24. The Hall–Kier alpha value is -1.75. The van der Waals surface area contributed by atoms with Crippen molar-refractivity contribution in [2.45, 2.75) is 38.8 Å². The second-order valence-electron chi connectivity index (χ2n) is 5.89. The van der Waals surface area contributed by atoms with E-state index >= 15 is 0 Å². The van der Waals surface area contributed by atoms with Gasteiger partial charge < -0.3 is 15.4 Å². The second-order valence-corrected chi connectivity index (χ2v) is 5.89. The predicted molar refractivity (Wildman–Crippen MR) is 96.2 cm³/mol. The van der Waals surface area contributed by atoms with Gasteiger partial charge in [-0.05, 0) is 43.6 Å². The van der Waals surface area contributed by atoms with Gasteiger partial charge in [0.15, 0.2) is 5.96 Å². The molecule has 5 nitrogen and oxygen atoms in total. The molecule has 0 spiro atoms. The van der Waals surface area contributed by atoms with Crippen LogP contribution in [0.4, 0.5) is 0 Å². The maximum absolute atomic E-state index is 5.38. The maximum atomic E-state index is 5.38. The fraction of sp³-hybridized carbons (Fsp3) is 0.611. The van der Waals surface area contributed by atoms with E-state index in [0.717, 1.165) is 31.3 Å². The average Bonchev–Trinajstić information content (AvgIpc) is 3.41. The quantitative estimate of drug-likeness (QED) is 0.571. The zero-order chi connectivity index (χ0) is 16.7. The smallest absolute Gasteiger partial charge is 0.191 e. The van der Waals surface area contributed by atoms with Crippen LogP contribution in [0.15, 0.2) is 29.3 Å². The molecule has 5 heteroatoms. The van der Waals surface area contributed by atoms with Gasteiger partial charge in [0, 0.05) is 19.6 Å². The first kappa shape index (κ1) is 17.6. The normalized spacial score (nSPS) is 16.3. The third-order valence-corrected chi connectivity index (χ3v) is 4.34.